The summed E-state index contributed by atoms with van der Waals surface area (Å²) in [6.07, 6.45) is 0.489. The van der Waals surface area contributed by atoms with Crippen LogP contribution in [0, 0.1) is 10.1 Å². The zero-order valence-electron chi connectivity index (χ0n) is 10.8. The number of nitro benzene ring substituents is 1. The summed E-state index contributed by atoms with van der Waals surface area (Å²) >= 11 is 0. The average molecular weight is 267 g/mol. The number of hydrogen-bond acceptors (Lipinski definition) is 5. The van der Waals surface area contributed by atoms with E-state index in [1.54, 1.807) is 13.8 Å². The van der Waals surface area contributed by atoms with Crippen LogP contribution < -0.4 is 11.1 Å². The highest BCUT2D eigenvalue weighted by atomic mass is 16.6. The summed E-state index contributed by atoms with van der Waals surface area (Å²) in [6.45, 7) is 3.55. The molecule has 0 radical (unpaired) electrons. The van der Waals surface area contributed by atoms with Gasteiger partial charge in [0.25, 0.3) is 5.69 Å². The molecule has 0 bridgehead atoms. The largest absolute Gasteiger partial charge is 0.388 e. The van der Waals surface area contributed by atoms with Gasteiger partial charge < -0.3 is 16.2 Å². The first kappa shape index (κ1) is 14.9. The van der Waals surface area contributed by atoms with Crippen molar-refractivity contribution >= 4 is 17.3 Å². The zero-order chi connectivity index (χ0) is 14.6. The highest BCUT2D eigenvalue weighted by Crippen LogP contribution is 2.26. The van der Waals surface area contributed by atoms with Crippen molar-refractivity contribution in [1.82, 2.24) is 0 Å². The second-order valence-corrected chi connectivity index (χ2v) is 4.56. The molecule has 0 saturated heterocycles. The Balaban J connectivity index is 3.04. The zero-order valence-corrected chi connectivity index (χ0v) is 10.8. The first-order chi connectivity index (χ1) is 8.76. The molecule has 7 heteroatoms. The number of nitro groups is 1. The molecule has 104 valence electrons. The Bertz CT molecular complexity index is 500. The molecule has 0 fully saturated rings. The quantitative estimate of drug-likeness (QED) is 0.529. The summed E-state index contributed by atoms with van der Waals surface area (Å²) in [4.78, 5) is 21.4. The number of carbonyl (C=O) groups excluding carboxylic acids is 1. The van der Waals surface area contributed by atoms with Crippen LogP contribution in [0.2, 0.25) is 0 Å². The molecule has 4 N–H and O–H groups in total. The van der Waals surface area contributed by atoms with Gasteiger partial charge in [-0.15, -0.1) is 0 Å². The Hall–Kier alpha value is -2.15. The molecule has 1 aromatic carbocycles. The first-order valence-electron chi connectivity index (χ1n) is 5.81. The molecule has 7 nitrogen and oxygen atoms in total. The van der Waals surface area contributed by atoms with Gasteiger partial charge in [-0.3, -0.25) is 14.9 Å². The van der Waals surface area contributed by atoms with Crippen molar-refractivity contribution in [2.45, 2.75) is 25.9 Å². The molecule has 1 amide bonds. The van der Waals surface area contributed by atoms with Gasteiger partial charge in [0.05, 0.1) is 10.5 Å². The third-order valence-corrected chi connectivity index (χ3v) is 2.90. The number of primary amides is 1. The van der Waals surface area contributed by atoms with Crippen LogP contribution in [0.25, 0.3) is 0 Å². The maximum absolute atomic E-state index is 11.1. The monoisotopic (exact) mass is 267 g/mol. The van der Waals surface area contributed by atoms with Crippen LogP contribution in [0.15, 0.2) is 18.2 Å². The molecule has 19 heavy (non-hydrogen) atoms. The number of benzene rings is 1. The Kier molecular flexibility index (Phi) is 4.44. The van der Waals surface area contributed by atoms with E-state index in [0.717, 1.165) is 0 Å². The minimum Gasteiger partial charge on any atom is -0.388 e. The summed E-state index contributed by atoms with van der Waals surface area (Å²) in [6, 6.07) is 3.82. The average Bonchev–Trinajstić information content (AvgIpc) is 2.35. The van der Waals surface area contributed by atoms with Gasteiger partial charge in [0.2, 0.25) is 5.91 Å². The lowest BCUT2D eigenvalue weighted by Gasteiger charge is -2.22. The molecule has 1 rings (SSSR count). The molecule has 0 spiro atoms. The minimum absolute atomic E-state index is 0.132. The fraction of sp³-hybridized carbons (Fsp3) is 0.417. The van der Waals surface area contributed by atoms with Crippen molar-refractivity contribution in [3.8, 4) is 0 Å². The number of hydrogen-bond donors (Lipinski definition) is 3. The van der Waals surface area contributed by atoms with E-state index < -0.39 is 16.4 Å². The summed E-state index contributed by atoms with van der Waals surface area (Å²) in [5.41, 5.74) is 4.30. The Morgan fingerprint density at radius 3 is 2.68 bits per heavy atom. The van der Waals surface area contributed by atoms with Crippen molar-refractivity contribution in [2.24, 2.45) is 5.73 Å². The molecular weight excluding hydrogens is 250 g/mol. The molecule has 1 aromatic rings. The van der Waals surface area contributed by atoms with E-state index in [2.05, 4.69) is 5.32 Å². The highest BCUT2D eigenvalue weighted by Gasteiger charge is 2.21. The number of nitrogens with one attached hydrogen (secondary N) is 1. The van der Waals surface area contributed by atoms with E-state index in [1.807, 2.05) is 0 Å². The summed E-state index contributed by atoms with van der Waals surface area (Å²) in [5, 5.41) is 23.5. The molecule has 0 aliphatic carbocycles. The summed E-state index contributed by atoms with van der Waals surface area (Å²) in [5.74, 6) is -0.666. The topological polar surface area (TPSA) is 118 Å². The van der Waals surface area contributed by atoms with Crippen LogP contribution in [0.4, 0.5) is 11.4 Å². The number of amides is 1. The van der Waals surface area contributed by atoms with Gasteiger partial charge >= 0.3 is 0 Å². The van der Waals surface area contributed by atoms with E-state index in [0.29, 0.717) is 6.42 Å². The number of anilines is 1. The fourth-order valence-corrected chi connectivity index (χ4v) is 1.40. The first-order valence-corrected chi connectivity index (χ1v) is 5.81. The lowest BCUT2D eigenvalue weighted by molar-refractivity contribution is -0.384. The van der Waals surface area contributed by atoms with E-state index in [-0.39, 0.29) is 23.5 Å². The second kappa shape index (κ2) is 5.66. The number of nitrogens with two attached hydrogens (primary N) is 1. The van der Waals surface area contributed by atoms with Crippen LogP contribution in [0.1, 0.15) is 30.6 Å². The molecule has 1 atom stereocenters. The molecular formula is C12H17N3O4. The Labute approximate surface area is 110 Å². The number of rotatable bonds is 6. The fourth-order valence-electron chi connectivity index (χ4n) is 1.40. The smallest absolute Gasteiger partial charge is 0.292 e. The third kappa shape index (κ3) is 3.92. The predicted octanol–water partition coefficient (Wildman–Crippen LogP) is 1.27. The predicted molar refractivity (Wildman–Crippen MR) is 71.0 cm³/mol. The molecule has 0 aliphatic rings. The Morgan fingerprint density at radius 2 is 2.21 bits per heavy atom. The lowest BCUT2D eigenvalue weighted by Crippen LogP contribution is -2.32. The third-order valence-electron chi connectivity index (χ3n) is 2.90. The van der Waals surface area contributed by atoms with Gasteiger partial charge in [-0.25, -0.2) is 0 Å². The van der Waals surface area contributed by atoms with Crippen molar-refractivity contribution < 1.29 is 14.8 Å². The standard InChI is InChI=1S/C12H17N3O4/c1-3-12(2,17)7-14-9-6-8(11(13)16)4-5-10(9)15(18)19/h4-6,14,17H,3,7H2,1-2H3,(H2,13,16). The van der Waals surface area contributed by atoms with Gasteiger partial charge in [0, 0.05) is 18.2 Å². The van der Waals surface area contributed by atoms with Crippen molar-refractivity contribution in [3.05, 3.63) is 33.9 Å². The molecule has 0 heterocycles. The van der Waals surface area contributed by atoms with Crippen LogP contribution in [-0.4, -0.2) is 28.1 Å². The molecule has 0 aromatic heterocycles. The highest BCUT2D eigenvalue weighted by molar-refractivity contribution is 5.94. The molecule has 0 aliphatic heterocycles. The van der Waals surface area contributed by atoms with Crippen LogP contribution >= 0.6 is 0 Å². The second-order valence-electron chi connectivity index (χ2n) is 4.56. The van der Waals surface area contributed by atoms with Gasteiger partial charge in [0.1, 0.15) is 5.69 Å². The van der Waals surface area contributed by atoms with Crippen LogP contribution in [0.3, 0.4) is 0 Å². The molecule has 1 unspecified atom stereocenters. The maximum atomic E-state index is 11.1. The van der Waals surface area contributed by atoms with Crippen LogP contribution in [-0.2, 0) is 0 Å². The van der Waals surface area contributed by atoms with Crippen molar-refractivity contribution in [1.29, 1.82) is 0 Å². The minimum atomic E-state index is -0.989. The molecule has 0 saturated carbocycles. The SMILES string of the molecule is CCC(C)(O)CNc1cc(C(N)=O)ccc1[N+](=O)[O-]. The van der Waals surface area contributed by atoms with Gasteiger partial charge in [0.15, 0.2) is 0 Å². The van der Waals surface area contributed by atoms with E-state index in [4.69, 9.17) is 5.73 Å². The maximum Gasteiger partial charge on any atom is 0.292 e. The van der Waals surface area contributed by atoms with Crippen molar-refractivity contribution in [2.75, 3.05) is 11.9 Å². The van der Waals surface area contributed by atoms with Gasteiger partial charge in [-0.1, -0.05) is 6.92 Å². The van der Waals surface area contributed by atoms with Gasteiger partial charge in [-0.2, -0.15) is 0 Å². The lowest BCUT2D eigenvalue weighted by atomic mass is 10.0. The van der Waals surface area contributed by atoms with Crippen LogP contribution in [0.5, 0.6) is 0 Å². The summed E-state index contributed by atoms with van der Waals surface area (Å²) in [7, 11) is 0. The van der Waals surface area contributed by atoms with E-state index in [1.165, 1.54) is 18.2 Å². The van der Waals surface area contributed by atoms with E-state index in [9.17, 15) is 20.0 Å². The summed E-state index contributed by atoms with van der Waals surface area (Å²) < 4.78 is 0. The van der Waals surface area contributed by atoms with Crippen molar-refractivity contribution in [3.63, 3.8) is 0 Å². The number of carbonyl (C=O) groups is 1. The van der Waals surface area contributed by atoms with E-state index >= 15 is 0 Å². The Morgan fingerprint density at radius 1 is 1.58 bits per heavy atom. The number of nitrogens with zero attached hydrogens (tertiary/aromatic N) is 1. The number of aliphatic hydroxyl groups is 1. The normalized spacial score (nSPS) is 13.6. The van der Waals surface area contributed by atoms with Gasteiger partial charge in [-0.05, 0) is 25.5 Å².